The summed E-state index contributed by atoms with van der Waals surface area (Å²) in [6.45, 7) is 4.26. The standard InChI is InChI=1S/C18H20FNO4S/c1-12(2)14-5-3-13(4-6-14)9-10-20-25(23,24)17-11-15(18(21)22)7-8-16(17)19/h3-8,11-12,20H,9-10H2,1-2H3,(H,21,22). The van der Waals surface area contributed by atoms with Crippen LogP contribution in [0.3, 0.4) is 0 Å². The van der Waals surface area contributed by atoms with Gasteiger partial charge in [0.15, 0.2) is 0 Å². The summed E-state index contributed by atoms with van der Waals surface area (Å²) in [4.78, 5) is 10.3. The molecule has 2 N–H and O–H groups in total. The first-order chi connectivity index (χ1) is 11.7. The predicted octanol–water partition coefficient (Wildman–Crippen LogP) is 3.17. The third-order valence-electron chi connectivity index (χ3n) is 3.82. The SMILES string of the molecule is CC(C)c1ccc(CCNS(=O)(=O)c2cc(C(=O)O)ccc2F)cc1. The van der Waals surface area contributed by atoms with Gasteiger partial charge < -0.3 is 5.11 Å². The van der Waals surface area contributed by atoms with E-state index in [1.54, 1.807) is 0 Å². The number of nitrogens with one attached hydrogen (secondary N) is 1. The summed E-state index contributed by atoms with van der Waals surface area (Å²) < 4.78 is 40.5. The highest BCUT2D eigenvalue weighted by molar-refractivity contribution is 7.89. The molecule has 134 valence electrons. The van der Waals surface area contributed by atoms with Crippen LogP contribution >= 0.6 is 0 Å². The second-order valence-electron chi connectivity index (χ2n) is 5.99. The van der Waals surface area contributed by atoms with Gasteiger partial charge in [0, 0.05) is 6.54 Å². The number of sulfonamides is 1. The number of carboxylic acids is 1. The van der Waals surface area contributed by atoms with Gasteiger partial charge in [-0.25, -0.2) is 22.3 Å². The lowest BCUT2D eigenvalue weighted by Crippen LogP contribution is -2.27. The van der Waals surface area contributed by atoms with Gasteiger partial charge in [-0.2, -0.15) is 0 Å². The van der Waals surface area contributed by atoms with Crippen molar-refractivity contribution < 1.29 is 22.7 Å². The second-order valence-corrected chi connectivity index (χ2v) is 7.73. The molecular formula is C18H20FNO4S. The normalized spacial score (nSPS) is 11.7. The predicted molar refractivity (Wildman–Crippen MR) is 92.8 cm³/mol. The number of hydrogen-bond acceptors (Lipinski definition) is 3. The number of aromatic carboxylic acids is 1. The average Bonchev–Trinajstić information content (AvgIpc) is 2.55. The minimum absolute atomic E-state index is 0.0834. The zero-order valence-corrected chi connectivity index (χ0v) is 14.8. The first-order valence-electron chi connectivity index (χ1n) is 7.82. The summed E-state index contributed by atoms with van der Waals surface area (Å²) >= 11 is 0. The fourth-order valence-corrected chi connectivity index (χ4v) is 3.45. The van der Waals surface area contributed by atoms with Crippen molar-refractivity contribution in [1.29, 1.82) is 0 Å². The summed E-state index contributed by atoms with van der Waals surface area (Å²) in [7, 11) is -4.13. The quantitative estimate of drug-likeness (QED) is 0.789. The zero-order valence-electron chi connectivity index (χ0n) is 14.0. The van der Waals surface area contributed by atoms with Gasteiger partial charge in [0.1, 0.15) is 10.7 Å². The molecule has 5 nitrogen and oxygen atoms in total. The zero-order chi connectivity index (χ0) is 18.6. The Balaban J connectivity index is 2.07. The van der Waals surface area contributed by atoms with Crippen molar-refractivity contribution in [1.82, 2.24) is 4.72 Å². The number of carbonyl (C=O) groups is 1. The van der Waals surface area contributed by atoms with Gasteiger partial charge in [-0.05, 0) is 41.7 Å². The van der Waals surface area contributed by atoms with Crippen LogP contribution in [0.15, 0.2) is 47.4 Å². The molecule has 0 fully saturated rings. The van der Waals surface area contributed by atoms with Crippen molar-refractivity contribution in [2.75, 3.05) is 6.54 Å². The first kappa shape index (κ1) is 19.1. The third kappa shape index (κ3) is 4.87. The summed E-state index contributed by atoms with van der Waals surface area (Å²) in [6.07, 6.45) is 0.442. The highest BCUT2D eigenvalue weighted by atomic mass is 32.2. The molecule has 7 heteroatoms. The van der Waals surface area contributed by atoms with E-state index in [1.807, 2.05) is 24.3 Å². The Morgan fingerprint density at radius 1 is 1.16 bits per heavy atom. The van der Waals surface area contributed by atoms with E-state index in [4.69, 9.17) is 5.11 Å². The van der Waals surface area contributed by atoms with E-state index in [9.17, 15) is 17.6 Å². The fourth-order valence-electron chi connectivity index (χ4n) is 2.32. The molecule has 2 rings (SSSR count). The van der Waals surface area contributed by atoms with E-state index in [1.165, 1.54) is 5.56 Å². The molecule has 0 aliphatic rings. The van der Waals surface area contributed by atoms with Crippen molar-refractivity contribution in [3.63, 3.8) is 0 Å². The maximum atomic E-state index is 13.8. The van der Waals surface area contributed by atoms with Crippen molar-refractivity contribution in [2.45, 2.75) is 31.1 Å². The highest BCUT2D eigenvalue weighted by Crippen LogP contribution is 2.17. The van der Waals surface area contributed by atoms with Crippen LogP contribution in [0.4, 0.5) is 4.39 Å². The van der Waals surface area contributed by atoms with E-state index in [0.29, 0.717) is 12.3 Å². The Hall–Kier alpha value is -2.25. The summed E-state index contributed by atoms with van der Waals surface area (Å²) in [5.74, 6) is -1.89. The molecular weight excluding hydrogens is 345 g/mol. The Kier molecular flexibility index (Phi) is 5.92. The van der Waals surface area contributed by atoms with E-state index in [0.717, 1.165) is 23.8 Å². The number of halogens is 1. The minimum Gasteiger partial charge on any atom is -0.478 e. The molecule has 0 saturated carbocycles. The van der Waals surface area contributed by atoms with E-state index in [-0.39, 0.29) is 12.1 Å². The van der Waals surface area contributed by atoms with Crippen LogP contribution in [0, 0.1) is 5.82 Å². The van der Waals surface area contributed by atoms with Crippen molar-refractivity contribution in [3.05, 3.63) is 65.0 Å². The van der Waals surface area contributed by atoms with Gasteiger partial charge in [0.2, 0.25) is 10.0 Å². The average molecular weight is 365 g/mol. The van der Waals surface area contributed by atoms with Crippen LogP contribution in [0.2, 0.25) is 0 Å². The first-order valence-corrected chi connectivity index (χ1v) is 9.30. The van der Waals surface area contributed by atoms with Gasteiger partial charge in [-0.1, -0.05) is 38.1 Å². The van der Waals surface area contributed by atoms with Gasteiger partial charge in [-0.3, -0.25) is 0 Å². The monoisotopic (exact) mass is 365 g/mol. The van der Waals surface area contributed by atoms with E-state index >= 15 is 0 Å². The molecule has 0 amide bonds. The van der Waals surface area contributed by atoms with Gasteiger partial charge in [0.05, 0.1) is 5.56 Å². The number of benzene rings is 2. The van der Waals surface area contributed by atoms with Crippen LogP contribution in [-0.2, 0) is 16.4 Å². The van der Waals surface area contributed by atoms with Crippen LogP contribution in [-0.4, -0.2) is 26.0 Å². The van der Waals surface area contributed by atoms with E-state index < -0.39 is 26.7 Å². The topological polar surface area (TPSA) is 83.5 Å². The number of hydrogen-bond donors (Lipinski definition) is 2. The molecule has 0 radical (unpaired) electrons. The van der Waals surface area contributed by atoms with Crippen molar-refractivity contribution in [2.24, 2.45) is 0 Å². The highest BCUT2D eigenvalue weighted by Gasteiger charge is 2.20. The van der Waals surface area contributed by atoms with Gasteiger partial charge in [-0.15, -0.1) is 0 Å². The largest absolute Gasteiger partial charge is 0.478 e. The summed E-state index contributed by atoms with van der Waals surface area (Å²) in [5.41, 5.74) is 1.86. The van der Waals surface area contributed by atoms with Crippen LogP contribution < -0.4 is 4.72 Å². The molecule has 2 aromatic rings. The summed E-state index contributed by atoms with van der Waals surface area (Å²) in [5, 5.41) is 8.91. The molecule has 0 bridgehead atoms. The Bertz CT molecular complexity index is 861. The lowest BCUT2D eigenvalue weighted by molar-refractivity contribution is 0.0696. The molecule has 2 aromatic carbocycles. The Morgan fingerprint density at radius 3 is 2.36 bits per heavy atom. The lowest BCUT2D eigenvalue weighted by atomic mass is 10.0. The molecule has 0 saturated heterocycles. The van der Waals surface area contributed by atoms with Gasteiger partial charge >= 0.3 is 5.97 Å². The molecule has 0 aliphatic heterocycles. The molecule has 0 spiro atoms. The molecule has 0 unspecified atom stereocenters. The Labute approximate surface area is 146 Å². The van der Waals surface area contributed by atoms with Gasteiger partial charge in [0.25, 0.3) is 0 Å². The fraction of sp³-hybridized carbons (Fsp3) is 0.278. The van der Waals surface area contributed by atoms with Crippen LogP contribution in [0.25, 0.3) is 0 Å². The van der Waals surface area contributed by atoms with Crippen molar-refractivity contribution in [3.8, 4) is 0 Å². The third-order valence-corrected chi connectivity index (χ3v) is 5.30. The van der Waals surface area contributed by atoms with E-state index in [2.05, 4.69) is 18.6 Å². The number of carboxylic acid groups (broad SMARTS) is 1. The van der Waals surface area contributed by atoms with Crippen LogP contribution in [0.1, 0.15) is 41.3 Å². The maximum absolute atomic E-state index is 13.8. The maximum Gasteiger partial charge on any atom is 0.335 e. The molecule has 0 aromatic heterocycles. The lowest BCUT2D eigenvalue weighted by Gasteiger charge is -2.10. The number of rotatable bonds is 7. The molecule has 0 heterocycles. The van der Waals surface area contributed by atoms with Crippen LogP contribution in [0.5, 0.6) is 0 Å². The molecule has 25 heavy (non-hydrogen) atoms. The second kappa shape index (κ2) is 7.76. The Morgan fingerprint density at radius 2 is 1.80 bits per heavy atom. The molecule has 0 aliphatic carbocycles. The minimum atomic E-state index is -4.13. The van der Waals surface area contributed by atoms with Crippen molar-refractivity contribution >= 4 is 16.0 Å². The summed E-state index contributed by atoms with van der Waals surface area (Å²) in [6, 6.07) is 10.5. The smallest absolute Gasteiger partial charge is 0.335 e. The molecule has 0 atom stereocenters.